The highest BCUT2D eigenvalue weighted by atomic mass is 16.5. The second kappa shape index (κ2) is 6.07. The smallest absolute Gasteiger partial charge is 0.120 e. The second-order valence-corrected chi connectivity index (χ2v) is 4.76. The monoisotopic (exact) mass is 251 g/mol. The van der Waals surface area contributed by atoms with E-state index in [1.54, 1.807) is 19.2 Å². The molecule has 1 aromatic rings. The Morgan fingerprint density at radius 2 is 2.33 bits per heavy atom. The van der Waals surface area contributed by atoms with Crippen LogP contribution >= 0.6 is 0 Å². The van der Waals surface area contributed by atoms with Gasteiger partial charge in [-0.05, 0) is 31.5 Å². The van der Waals surface area contributed by atoms with Crippen molar-refractivity contribution in [1.29, 1.82) is 0 Å². The Labute approximate surface area is 108 Å². The summed E-state index contributed by atoms with van der Waals surface area (Å²) in [5.74, 6) is 1.11. The molecule has 1 atom stereocenters. The van der Waals surface area contributed by atoms with Crippen molar-refractivity contribution < 1.29 is 14.6 Å². The van der Waals surface area contributed by atoms with Crippen LogP contribution in [0.2, 0.25) is 0 Å². The van der Waals surface area contributed by atoms with Crippen molar-refractivity contribution in [2.24, 2.45) is 0 Å². The molecule has 0 spiro atoms. The fourth-order valence-corrected chi connectivity index (χ4v) is 2.28. The van der Waals surface area contributed by atoms with Crippen molar-refractivity contribution in [2.75, 3.05) is 26.8 Å². The van der Waals surface area contributed by atoms with Crippen molar-refractivity contribution in [2.45, 2.75) is 26.0 Å². The molecule has 0 aliphatic carbocycles. The largest absolute Gasteiger partial charge is 0.508 e. The van der Waals surface area contributed by atoms with Crippen molar-refractivity contribution in [3.63, 3.8) is 0 Å². The summed E-state index contributed by atoms with van der Waals surface area (Å²) in [4.78, 5) is 2.31. The van der Waals surface area contributed by atoms with Gasteiger partial charge in [-0.3, -0.25) is 4.90 Å². The summed E-state index contributed by atoms with van der Waals surface area (Å²) < 4.78 is 10.8. The van der Waals surface area contributed by atoms with Crippen molar-refractivity contribution >= 4 is 0 Å². The molecule has 0 amide bonds. The van der Waals surface area contributed by atoms with Crippen LogP contribution in [0.25, 0.3) is 0 Å². The molecule has 2 rings (SSSR count). The second-order valence-electron chi connectivity index (χ2n) is 4.76. The third-order valence-electron chi connectivity index (χ3n) is 3.22. The number of phenolic OH excluding ortho intramolecular Hbond substituents is 1. The first-order valence-corrected chi connectivity index (χ1v) is 6.39. The SMILES string of the molecule is COc1ccc(O)c(CN2CCCOC(C)C2)c1. The van der Waals surface area contributed by atoms with Gasteiger partial charge in [0.25, 0.3) is 0 Å². The Kier molecular flexibility index (Phi) is 4.44. The molecule has 1 saturated heterocycles. The van der Waals surface area contributed by atoms with Crippen LogP contribution in [0.4, 0.5) is 0 Å². The average Bonchev–Trinajstić information content (AvgIpc) is 2.56. The Bertz CT molecular complexity index is 395. The third kappa shape index (κ3) is 3.37. The van der Waals surface area contributed by atoms with Gasteiger partial charge in [-0.2, -0.15) is 0 Å². The molecule has 0 bridgehead atoms. The van der Waals surface area contributed by atoms with Gasteiger partial charge in [-0.1, -0.05) is 0 Å². The number of methoxy groups -OCH3 is 1. The molecule has 4 nitrogen and oxygen atoms in total. The van der Waals surface area contributed by atoms with E-state index in [0.29, 0.717) is 5.75 Å². The molecule has 1 aliphatic rings. The summed E-state index contributed by atoms with van der Waals surface area (Å²) >= 11 is 0. The van der Waals surface area contributed by atoms with E-state index in [1.807, 2.05) is 6.07 Å². The summed E-state index contributed by atoms with van der Waals surface area (Å²) in [6.45, 7) is 5.54. The quantitative estimate of drug-likeness (QED) is 0.892. The molecule has 1 unspecified atom stereocenters. The lowest BCUT2D eigenvalue weighted by atomic mass is 10.1. The molecule has 1 aromatic carbocycles. The van der Waals surface area contributed by atoms with Crippen LogP contribution in [0.5, 0.6) is 11.5 Å². The van der Waals surface area contributed by atoms with Gasteiger partial charge in [0.15, 0.2) is 0 Å². The van der Waals surface area contributed by atoms with E-state index in [-0.39, 0.29) is 6.10 Å². The van der Waals surface area contributed by atoms with Crippen LogP contribution in [0.15, 0.2) is 18.2 Å². The summed E-state index contributed by atoms with van der Waals surface area (Å²) in [5.41, 5.74) is 0.906. The van der Waals surface area contributed by atoms with Gasteiger partial charge in [-0.25, -0.2) is 0 Å². The summed E-state index contributed by atoms with van der Waals surface area (Å²) in [6.07, 6.45) is 1.29. The van der Waals surface area contributed by atoms with Gasteiger partial charge in [-0.15, -0.1) is 0 Å². The Morgan fingerprint density at radius 3 is 3.11 bits per heavy atom. The lowest BCUT2D eigenvalue weighted by Crippen LogP contribution is -2.29. The third-order valence-corrected chi connectivity index (χ3v) is 3.22. The molecule has 1 fully saturated rings. The van der Waals surface area contributed by atoms with Crippen molar-refractivity contribution in [1.82, 2.24) is 4.90 Å². The summed E-state index contributed by atoms with van der Waals surface area (Å²) in [6, 6.07) is 5.35. The van der Waals surface area contributed by atoms with Gasteiger partial charge in [0.05, 0.1) is 13.2 Å². The van der Waals surface area contributed by atoms with Gasteiger partial charge >= 0.3 is 0 Å². The molecule has 1 heterocycles. The van der Waals surface area contributed by atoms with Crippen molar-refractivity contribution in [3.8, 4) is 11.5 Å². The van der Waals surface area contributed by atoms with Crippen LogP contribution < -0.4 is 4.74 Å². The van der Waals surface area contributed by atoms with Crippen LogP contribution in [-0.2, 0) is 11.3 Å². The molecule has 18 heavy (non-hydrogen) atoms. The highest BCUT2D eigenvalue weighted by Gasteiger charge is 2.16. The first kappa shape index (κ1) is 13.2. The molecule has 4 heteroatoms. The van der Waals surface area contributed by atoms with E-state index in [9.17, 15) is 5.11 Å². The zero-order chi connectivity index (χ0) is 13.0. The van der Waals surface area contributed by atoms with Crippen LogP contribution in [-0.4, -0.2) is 42.9 Å². The van der Waals surface area contributed by atoms with E-state index in [0.717, 1.165) is 44.0 Å². The Hall–Kier alpha value is -1.26. The van der Waals surface area contributed by atoms with E-state index in [1.165, 1.54) is 0 Å². The highest BCUT2D eigenvalue weighted by Crippen LogP contribution is 2.24. The predicted molar refractivity (Wildman–Crippen MR) is 70.0 cm³/mol. The molecule has 1 aliphatic heterocycles. The minimum absolute atomic E-state index is 0.250. The van der Waals surface area contributed by atoms with E-state index < -0.39 is 0 Å². The number of rotatable bonds is 3. The van der Waals surface area contributed by atoms with Crippen molar-refractivity contribution in [3.05, 3.63) is 23.8 Å². The number of phenols is 1. The molecule has 100 valence electrons. The van der Waals surface area contributed by atoms with E-state index in [4.69, 9.17) is 9.47 Å². The van der Waals surface area contributed by atoms with Crippen LogP contribution in [0.1, 0.15) is 18.9 Å². The maximum absolute atomic E-state index is 9.88. The maximum atomic E-state index is 9.88. The lowest BCUT2D eigenvalue weighted by molar-refractivity contribution is 0.0667. The van der Waals surface area contributed by atoms with Gasteiger partial charge < -0.3 is 14.6 Å². The Morgan fingerprint density at radius 1 is 1.50 bits per heavy atom. The fraction of sp³-hybridized carbons (Fsp3) is 0.571. The minimum atomic E-state index is 0.250. The van der Waals surface area contributed by atoms with E-state index >= 15 is 0 Å². The lowest BCUT2D eigenvalue weighted by Gasteiger charge is -2.22. The number of hydrogen-bond donors (Lipinski definition) is 1. The highest BCUT2D eigenvalue weighted by molar-refractivity contribution is 5.39. The molecule has 0 aromatic heterocycles. The molecular weight excluding hydrogens is 230 g/mol. The zero-order valence-corrected chi connectivity index (χ0v) is 11.1. The standard InChI is InChI=1S/C14H21NO3/c1-11-9-15(6-3-7-18-11)10-12-8-13(17-2)4-5-14(12)16/h4-5,8,11,16H,3,6-7,9-10H2,1-2H3. The summed E-state index contributed by atoms with van der Waals surface area (Å²) in [5, 5.41) is 9.88. The predicted octanol–water partition coefficient (Wildman–Crippen LogP) is 2.01. The van der Waals surface area contributed by atoms with Crippen LogP contribution in [0, 0.1) is 0 Å². The molecular formula is C14H21NO3. The van der Waals surface area contributed by atoms with Gasteiger partial charge in [0.1, 0.15) is 11.5 Å². The number of nitrogens with zero attached hydrogens (tertiary/aromatic N) is 1. The summed E-state index contributed by atoms with van der Waals surface area (Å²) in [7, 11) is 1.64. The fourth-order valence-electron chi connectivity index (χ4n) is 2.28. The van der Waals surface area contributed by atoms with Crippen LogP contribution in [0.3, 0.4) is 0 Å². The molecule has 0 radical (unpaired) electrons. The first-order chi connectivity index (χ1) is 8.69. The minimum Gasteiger partial charge on any atom is -0.508 e. The number of ether oxygens (including phenoxy) is 2. The molecule has 1 N–H and O–H groups in total. The Balaban J connectivity index is 2.07. The van der Waals surface area contributed by atoms with Gasteiger partial charge in [0.2, 0.25) is 0 Å². The normalized spacial score (nSPS) is 21.6. The zero-order valence-electron chi connectivity index (χ0n) is 11.1. The topological polar surface area (TPSA) is 41.9 Å². The number of aromatic hydroxyl groups is 1. The van der Waals surface area contributed by atoms with E-state index in [2.05, 4.69) is 11.8 Å². The number of benzene rings is 1. The average molecular weight is 251 g/mol. The first-order valence-electron chi connectivity index (χ1n) is 6.39. The maximum Gasteiger partial charge on any atom is 0.120 e. The van der Waals surface area contributed by atoms with Gasteiger partial charge in [0, 0.05) is 31.8 Å². The number of hydrogen-bond acceptors (Lipinski definition) is 4. The molecule has 0 saturated carbocycles.